The summed E-state index contributed by atoms with van der Waals surface area (Å²) in [5, 5.41) is 21.2. The molecule has 0 saturated carbocycles. The molecule has 1 aromatic heterocycles. The molecule has 2 aromatic rings. The maximum Gasteiger partial charge on any atom is 0.352 e. The van der Waals surface area contributed by atoms with Gasteiger partial charge in [-0.3, -0.25) is 19.0 Å². The van der Waals surface area contributed by atoms with Crippen molar-refractivity contribution in [1.29, 1.82) is 0 Å². The number of carbonyl (C=O) groups excluding carboxylic acids is 3. The van der Waals surface area contributed by atoms with Gasteiger partial charge < -0.3 is 31.6 Å². The van der Waals surface area contributed by atoms with Gasteiger partial charge in [0, 0.05) is 17.2 Å². The van der Waals surface area contributed by atoms with E-state index >= 15 is 0 Å². The van der Waals surface area contributed by atoms with E-state index in [0.29, 0.717) is 16.8 Å². The van der Waals surface area contributed by atoms with Gasteiger partial charge in [0.25, 0.3) is 21.2 Å². The lowest BCUT2D eigenvalue weighted by Crippen LogP contribution is -2.71. The normalized spacial score (nSPS) is 19.6. The summed E-state index contributed by atoms with van der Waals surface area (Å²) in [6.45, 7) is 0. The van der Waals surface area contributed by atoms with Crippen molar-refractivity contribution in [3.05, 3.63) is 47.0 Å². The molecule has 19 heteroatoms. The molecule has 16 nitrogen and oxygen atoms in total. The first kappa shape index (κ1) is 28.4. The highest BCUT2D eigenvalue weighted by Gasteiger charge is 2.54. The number of fused-ring (bicyclic) bond motifs is 1. The first-order chi connectivity index (χ1) is 18.3. The summed E-state index contributed by atoms with van der Waals surface area (Å²) >= 11 is 2.18. The van der Waals surface area contributed by atoms with Crippen LogP contribution in [0.5, 0.6) is 0 Å². The molecule has 4 amide bonds. The van der Waals surface area contributed by atoms with Gasteiger partial charge in [-0.1, -0.05) is 23.9 Å². The number of hydrogen-bond donors (Lipinski definition) is 6. The second-order valence-electron chi connectivity index (χ2n) is 8.22. The van der Waals surface area contributed by atoms with E-state index in [9.17, 15) is 32.7 Å². The van der Waals surface area contributed by atoms with Gasteiger partial charge in [-0.15, -0.1) is 22.0 Å². The average molecular weight is 600 g/mol. The smallest absolute Gasteiger partial charge is 0.352 e. The quantitative estimate of drug-likeness (QED) is 0.114. The molecule has 39 heavy (non-hydrogen) atoms. The second kappa shape index (κ2) is 11.2. The standard InChI is InChI=1S/C20H21N7O9S3/c21-12(8-1-3-10(4-2-8)23-19(22)32)15(28)24-13-16(29)27-14(18(30)31)9(5-37-17(13)27)6-38-20-26-25-11(36-20)7-39(33,34)35/h1-4,12-13,17H,5-7,21H2,(H,24,28)(H,30,31)(H3,22,23,32)(H,33,34,35)/t12?,13?,17-/m1/s1. The largest absolute Gasteiger partial charge is 0.477 e. The van der Waals surface area contributed by atoms with E-state index in [-0.39, 0.29) is 28.3 Å². The van der Waals surface area contributed by atoms with Crippen LogP contribution in [-0.2, 0) is 30.3 Å². The van der Waals surface area contributed by atoms with Gasteiger partial charge in [0.2, 0.25) is 11.8 Å². The lowest BCUT2D eigenvalue weighted by molar-refractivity contribution is -0.150. The first-order valence-electron chi connectivity index (χ1n) is 10.9. The van der Waals surface area contributed by atoms with Crippen LogP contribution in [0.3, 0.4) is 0 Å². The first-order valence-corrected chi connectivity index (χ1v) is 14.5. The molecular formula is C20H21N7O9S3. The molecule has 1 aromatic carbocycles. The minimum absolute atomic E-state index is 0.0428. The molecule has 1 saturated heterocycles. The zero-order valence-electron chi connectivity index (χ0n) is 19.6. The number of aromatic nitrogens is 2. The van der Waals surface area contributed by atoms with E-state index in [1.165, 1.54) is 36.0 Å². The van der Waals surface area contributed by atoms with Crippen LogP contribution in [0.4, 0.5) is 10.5 Å². The maximum atomic E-state index is 12.9. The van der Waals surface area contributed by atoms with Gasteiger partial charge in [0.1, 0.15) is 23.2 Å². The Morgan fingerprint density at radius 2 is 1.95 bits per heavy atom. The van der Waals surface area contributed by atoms with Crippen molar-refractivity contribution in [2.24, 2.45) is 11.5 Å². The van der Waals surface area contributed by atoms with E-state index in [1.807, 2.05) is 0 Å². The fourth-order valence-corrected chi connectivity index (χ4v) is 6.46. The van der Waals surface area contributed by atoms with Gasteiger partial charge in [-0.05, 0) is 23.3 Å². The van der Waals surface area contributed by atoms with Crippen molar-refractivity contribution < 1.29 is 41.7 Å². The maximum absolute atomic E-state index is 12.9. The molecule has 2 unspecified atom stereocenters. The number of urea groups is 1. The molecule has 2 aliphatic heterocycles. The number of rotatable bonds is 10. The Labute approximate surface area is 228 Å². The number of β-lactam (4-membered cyclic amide) rings is 1. The molecule has 0 aliphatic carbocycles. The number of carbonyl (C=O) groups is 4. The number of hydrogen-bond acceptors (Lipinski definition) is 12. The van der Waals surface area contributed by atoms with Crippen molar-refractivity contribution in [3.8, 4) is 0 Å². The Morgan fingerprint density at radius 3 is 2.56 bits per heavy atom. The highest BCUT2D eigenvalue weighted by Crippen LogP contribution is 2.41. The Kier molecular flexibility index (Phi) is 8.16. The molecule has 3 heterocycles. The number of carboxylic acids is 1. The number of thioether (sulfide) groups is 2. The fraction of sp³-hybridized carbons (Fsp3) is 0.300. The van der Waals surface area contributed by atoms with Crippen LogP contribution in [-0.4, -0.2) is 79.9 Å². The predicted octanol–water partition coefficient (Wildman–Crippen LogP) is -0.521. The highest BCUT2D eigenvalue weighted by atomic mass is 32.2. The number of nitrogens with two attached hydrogens (primary N) is 2. The predicted molar refractivity (Wildman–Crippen MR) is 137 cm³/mol. The third-order valence-corrected chi connectivity index (χ3v) is 8.35. The summed E-state index contributed by atoms with van der Waals surface area (Å²) in [6, 6.07) is 3.17. The van der Waals surface area contributed by atoms with Crippen LogP contribution in [0.2, 0.25) is 0 Å². The number of anilines is 1. The number of carboxylic acid groups (broad SMARTS) is 1. The van der Waals surface area contributed by atoms with Crippen LogP contribution in [0.15, 0.2) is 45.2 Å². The molecule has 1 fully saturated rings. The number of benzene rings is 1. The molecule has 0 spiro atoms. The van der Waals surface area contributed by atoms with Crippen molar-refractivity contribution in [3.63, 3.8) is 0 Å². The zero-order chi connectivity index (χ0) is 28.5. The Bertz CT molecular complexity index is 1460. The lowest BCUT2D eigenvalue weighted by atomic mass is 10.0. The second-order valence-corrected chi connectivity index (χ2v) is 11.7. The lowest BCUT2D eigenvalue weighted by Gasteiger charge is -2.49. The zero-order valence-corrected chi connectivity index (χ0v) is 22.1. The fourth-order valence-electron chi connectivity index (χ4n) is 3.76. The number of amides is 4. The minimum Gasteiger partial charge on any atom is -0.477 e. The van der Waals surface area contributed by atoms with Gasteiger partial charge in [0.15, 0.2) is 5.75 Å². The van der Waals surface area contributed by atoms with Crippen molar-refractivity contribution in [2.45, 2.75) is 28.4 Å². The molecule has 4 rings (SSSR count). The third-order valence-electron chi connectivity index (χ3n) is 5.49. The number of nitrogens with one attached hydrogen (secondary N) is 2. The molecule has 3 atom stereocenters. The molecular weight excluding hydrogens is 578 g/mol. The molecule has 208 valence electrons. The summed E-state index contributed by atoms with van der Waals surface area (Å²) in [4.78, 5) is 49.7. The average Bonchev–Trinajstić information content (AvgIpc) is 3.30. The molecule has 8 N–H and O–H groups in total. The Morgan fingerprint density at radius 1 is 1.26 bits per heavy atom. The summed E-state index contributed by atoms with van der Waals surface area (Å²) in [5.74, 6) is -3.56. The Balaban J connectivity index is 1.40. The van der Waals surface area contributed by atoms with E-state index in [4.69, 9.17) is 20.4 Å². The molecule has 0 bridgehead atoms. The van der Waals surface area contributed by atoms with Crippen molar-refractivity contribution in [1.82, 2.24) is 20.4 Å². The monoisotopic (exact) mass is 599 g/mol. The van der Waals surface area contributed by atoms with Crippen LogP contribution < -0.4 is 22.1 Å². The summed E-state index contributed by atoms with van der Waals surface area (Å²) in [7, 11) is -4.37. The van der Waals surface area contributed by atoms with Crippen LogP contribution in [0.25, 0.3) is 0 Å². The van der Waals surface area contributed by atoms with Crippen LogP contribution >= 0.6 is 23.5 Å². The number of nitrogens with zero attached hydrogens (tertiary/aromatic N) is 3. The number of primary amides is 1. The highest BCUT2D eigenvalue weighted by molar-refractivity contribution is 8.01. The van der Waals surface area contributed by atoms with Gasteiger partial charge in [0.05, 0.1) is 0 Å². The van der Waals surface area contributed by atoms with Gasteiger partial charge in [-0.25, -0.2) is 9.59 Å². The third kappa shape index (κ3) is 6.50. The summed E-state index contributed by atoms with van der Waals surface area (Å²) < 4.78 is 35.9. The van der Waals surface area contributed by atoms with E-state index in [0.717, 1.165) is 16.7 Å². The Hall–Kier alpha value is -3.65. The number of aliphatic carboxylic acids is 1. The SMILES string of the molecule is NC(=O)Nc1ccc(C(N)C(=O)NC2C(=O)N3C(C(=O)O)=C(CSc4nnc(CS(=O)(=O)O)o4)CS[C@H]23)cc1. The minimum atomic E-state index is -4.37. The van der Waals surface area contributed by atoms with E-state index in [1.54, 1.807) is 0 Å². The van der Waals surface area contributed by atoms with Gasteiger partial charge in [-0.2, -0.15) is 8.42 Å². The molecule has 0 radical (unpaired) electrons. The molecule has 2 aliphatic rings. The van der Waals surface area contributed by atoms with E-state index < -0.39 is 57.1 Å². The van der Waals surface area contributed by atoms with Crippen LogP contribution in [0.1, 0.15) is 17.5 Å². The van der Waals surface area contributed by atoms with Gasteiger partial charge >= 0.3 is 12.0 Å². The summed E-state index contributed by atoms with van der Waals surface area (Å²) in [6.07, 6.45) is 0. The van der Waals surface area contributed by atoms with Crippen molar-refractivity contribution in [2.75, 3.05) is 16.8 Å². The summed E-state index contributed by atoms with van der Waals surface area (Å²) in [5.41, 5.74) is 12.0. The topological polar surface area (TPSA) is 261 Å². The van der Waals surface area contributed by atoms with Crippen LogP contribution in [0, 0.1) is 0 Å². The van der Waals surface area contributed by atoms with E-state index in [2.05, 4.69) is 20.8 Å². The van der Waals surface area contributed by atoms with Crippen molar-refractivity contribution >= 4 is 63.1 Å².